The molecule has 0 fully saturated rings. The van der Waals surface area contributed by atoms with Crippen molar-refractivity contribution in [3.63, 3.8) is 0 Å². The fourth-order valence-corrected chi connectivity index (χ4v) is 8.44. The second kappa shape index (κ2) is 66.5. The van der Waals surface area contributed by atoms with E-state index in [2.05, 4.69) is 179 Å². The van der Waals surface area contributed by atoms with Crippen molar-refractivity contribution in [3.05, 3.63) is 158 Å². The van der Waals surface area contributed by atoms with Crippen LogP contribution in [0.1, 0.15) is 271 Å². The lowest BCUT2D eigenvalue weighted by atomic mass is 10.1. The van der Waals surface area contributed by atoms with E-state index in [9.17, 15) is 14.4 Å². The highest BCUT2D eigenvalue weighted by Gasteiger charge is 2.19. The van der Waals surface area contributed by atoms with Crippen molar-refractivity contribution < 1.29 is 28.6 Å². The molecule has 0 saturated heterocycles. The van der Waals surface area contributed by atoms with Gasteiger partial charge in [-0.25, -0.2) is 0 Å². The Hall–Kier alpha value is -4.97. The van der Waals surface area contributed by atoms with Crippen LogP contribution in [0.5, 0.6) is 0 Å². The summed E-state index contributed by atoms with van der Waals surface area (Å²) in [5.74, 6) is -0.939. The van der Waals surface area contributed by atoms with Crippen LogP contribution in [-0.4, -0.2) is 37.2 Å². The molecule has 0 radical (unpaired) electrons. The number of hydrogen-bond acceptors (Lipinski definition) is 6. The van der Waals surface area contributed by atoms with Gasteiger partial charge in [0.25, 0.3) is 0 Å². The Balaban J connectivity index is 4.34. The molecule has 1 atom stereocenters. The summed E-state index contributed by atoms with van der Waals surface area (Å²) in [5.41, 5.74) is 0. The highest BCUT2D eigenvalue weighted by molar-refractivity contribution is 5.71. The van der Waals surface area contributed by atoms with Gasteiger partial charge in [-0.05, 0) is 148 Å². The minimum Gasteiger partial charge on any atom is -0.462 e. The molecule has 0 aliphatic carbocycles. The largest absolute Gasteiger partial charge is 0.462 e. The summed E-state index contributed by atoms with van der Waals surface area (Å²) in [7, 11) is 0. The highest BCUT2D eigenvalue weighted by Crippen LogP contribution is 2.14. The average molecular weight is 1100 g/mol. The summed E-state index contributed by atoms with van der Waals surface area (Å²) in [6.45, 7) is 6.36. The first kappa shape index (κ1) is 75.0. The third kappa shape index (κ3) is 63.9. The number of unbranched alkanes of at least 4 members (excludes halogenated alkanes) is 20. The molecule has 80 heavy (non-hydrogen) atoms. The van der Waals surface area contributed by atoms with Crippen molar-refractivity contribution in [2.75, 3.05) is 13.2 Å². The van der Waals surface area contributed by atoms with Crippen molar-refractivity contribution in [2.24, 2.45) is 0 Å². The number of ether oxygens (including phenoxy) is 3. The summed E-state index contributed by atoms with van der Waals surface area (Å²) < 4.78 is 16.9. The van der Waals surface area contributed by atoms with Crippen LogP contribution in [0, 0.1) is 0 Å². The molecular formula is C74H118O6. The van der Waals surface area contributed by atoms with E-state index in [0.29, 0.717) is 19.3 Å². The van der Waals surface area contributed by atoms with E-state index in [1.165, 1.54) is 57.8 Å². The maximum Gasteiger partial charge on any atom is 0.306 e. The Morgan fingerprint density at radius 2 is 0.487 bits per heavy atom. The van der Waals surface area contributed by atoms with Crippen LogP contribution in [0.25, 0.3) is 0 Å². The highest BCUT2D eigenvalue weighted by atomic mass is 16.6. The van der Waals surface area contributed by atoms with Gasteiger partial charge in [0.05, 0.1) is 0 Å². The molecular weight excluding hydrogens is 985 g/mol. The first-order valence-electron chi connectivity index (χ1n) is 32.5. The zero-order valence-corrected chi connectivity index (χ0v) is 51.5. The summed E-state index contributed by atoms with van der Waals surface area (Å²) >= 11 is 0. The van der Waals surface area contributed by atoms with Gasteiger partial charge >= 0.3 is 17.9 Å². The zero-order valence-electron chi connectivity index (χ0n) is 51.5. The van der Waals surface area contributed by atoms with Gasteiger partial charge in [-0.3, -0.25) is 14.4 Å². The molecule has 1 unspecified atom stereocenters. The van der Waals surface area contributed by atoms with Gasteiger partial charge in [-0.1, -0.05) is 262 Å². The van der Waals surface area contributed by atoms with Crippen LogP contribution in [0.2, 0.25) is 0 Å². The summed E-state index contributed by atoms with van der Waals surface area (Å²) in [6.07, 6.45) is 96.8. The van der Waals surface area contributed by atoms with Crippen molar-refractivity contribution >= 4 is 17.9 Å². The van der Waals surface area contributed by atoms with Crippen molar-refractivity contribution in [1.29, 1.82) is 0 Å². The third-order valence-corrected chi connectivity index (χ3v) is 13.2. The molecule has 0 aromatic heterocycles. The van der Waals surface area contributed by atoms with Gasteiger partial charge in [0.1, 0.15) is 13.2 Å². The maximum atomic E-state index is 12.9. The van der Waals surface area contributed by atoms with E-state index in [-0.39, 0.29) is 31.1 Å². The zero-order chi connectivity index (χ0) is 57.8. The molecule has 0 aromatic carbocycles. The molecule has 0 heterocycles. The van der Waals surface area contributed by atoms with Gasteiger partial charge < -0.3 is 14.2 Å². The number of carbonyl (C=O) groups is 3. The van der Waals surface area contributed by atoms with E-state index in [1.807, 2.05) is 0 Å². The fraction of sp³-hybridized carbons (Fsp3) is 0.608. The fourth-order valence-electron chi connectivity index (χ4n) is 8.44. The topological polar surface area (TPSA) is 78.9 Å². The molecule has 6 heteroatoms. The predicted molar refractivity (Wildman–Crippen MR) is 348 cm³/mol. The van der Waals surface area contributed by atoms with Crippen LogP contribution in [0.15, 0.2) is 158 Å². The Kier molecular flexibility index (Phi) is 62.4. The Bertz CT molecular complexity index is 1790. The first-order valence-corrected chi connectivity index (χ1v) is 32.5. The van der Waals surface area contributed by atoms with Gasteiger partial charge in [-0.2, -0.15) is 0 Å². The lowest BCUT2D eigenvalue weighted by molar-refractivity contribution is -0.167. The van der Waals surface area contributed by atoms with Gasteiger partial charge in [0.2, 0.25) is 0 Å². The second-order valence-electron chi connectivity index (χ2n) is 20.9. The van der Waals surface area contributed by atoms with Crippen LogP contribution < -0.4 is 0 Å². The van der Waals surface area contributed by atoms with Crippen LogP contribution in [0.3, 0.4) is 0 Å². The van der Waals surface area contributed by atoms with E-state index in [1.54, 1.807) is 0 Å². The molecule has 0 bridgehead atoms. The Morgan fingerprint density at radius 3 is 0.775 bits per heavy atom. The van der Waals surface area contributed by atoms with E-state index < -0.39 is 6.10 Å². The van der Waals surface area contributed by atoms with Gasteiger partial charge in [-0.15, -0.1) is 0 Å². The SMILES string of the molecule is CC/C=C\C/C=C\C/C=C\C/C=C\C/C=C\C/C=C\C/C=C\C/C=C\C/C=C\CCCCCCCC(=O)OCC(COC(=O)CCCCCCC/C=C\CCCCC)OC(=O)CCCCCCCCC/C=C\C/C=C\C/C=C\CC. The van der Waals surface area contributed by atoms with Gasteiger partial charge in [0.15, 0.2) is 6.10 Å². The summed E-state index contributed by atoms with van der Waals surface area (Å²) in [4.78, 5) is 38.3. The van der Waals surface area contributed by atoms with E-state index >= 15 is 0 Å². The lowest BCUT2D eigenvalue weighted by Gasteiger charge is -2.18. The maximum absolute atomic E-state index is 12.9. The number of carbonyl (C=O) groups excluding carboxylic acids is 3. The quantitative estimate of drug-likeness (QED) is 0.0261. The minimum atomic E-state index is -0.802. The molecule has 0 aliphatic rings. The monoisotopic (exact) mass is 1100 g/mol. The third-order valence-electron chi connectivity index (χ3n) is 13.2. The van der Waals surface area contributed by atoms with Crippen molar-refractivity contribution in [2.45, 2.75) is 277 Å². The number of allylic oxidation sites excluding steroid dienone is 26. The van der Waals surface area contributed by atoms with Crippen molar-refractivity contribution in [3.8, 4) is 0 Å². The molecule has 0 amide bonds. The number of hydrogen-bond donors (Lipinski definition) is 0. The number of esters is 3. The molecule has 0 N–H and O–H groups in total. The molecule has 0 spiro atoms. The predicted octanol–water partition coefficient (Wildman–Crippen LogP) is 22.5. The second-order valence-corrected chi connectivity index (χ2v) is 20.9. The molecule has 0 aliphatic heterocycles. The Morgan fingerprint density at radius 1 is 0.263 bits per heavy atom. The van der Waals surface area contributed by atoms with Gasteiger partial charge in [0, 0.05) is 19.3 Å². The molecule has 0 saturated carbocycles. The van der Waals surface area contributed by atoms with Crippen LogP contribution in [0.4, 0.5) is 0 Å². The summed E-state index contributed by atoms with van der Waals surface area (Å²) in [6, 6.07) is 0. The van der Waals surface area contributed by atoms with Crippen molar-refractivity contribution in [1.82, 2.24) is 0 Å². The Labute approximate surface area is 492 Å². The van der Waals surface area contributed by atoms with Crippen LogP contribution >= 0.6 is 0 Å². The number of rotatable bonds is 57. The average Bonchev–Trinajstić information content (AvgIpc) is 3.46. The molecule has 450 valence electrons. The molecule has 0 aromatic rings. The first-order chi connectivity index (χ1) is 39.5. The van der Waals surface area contributed by atoms with E-state index in [0.717, 1.165) is 173 Å². The summed E-state index contributed by atoms with van der Waals surface area (Å²) in [5, 5.41) is 0. The minimum absolute atomic E-state index is 0.0978. The standard InChI is InChI=1S/C74H118O6/c1-4-7-10-13-16-19-22-25-27-29-30-31-32-33-34-35-36-37-38-39-40-41-42-43-44-46-47-49-52-55-58-61-64-67-73(76)79-70-71(69-78-72(75)66-63-60-57-54-51-24-21-18-15-12-9-6-3)80-74(77)68-65-62-59-56-53-50-48-45-28-26-23-20-17-14-11-8-5-2/h7-8,10-11,16-21,25-28,30-31,33-34,36-37,39-40,42-43,46-47,71H,4-6,9,12-15,22-24,29,32,35,38,41,44-45,48-70H2,1-3H3/b10-7-,11-8-,19-16-,20-17-,21-18-,27-25-,28-26-,31-30-,34-33-,37-36-,40-39-,43-42-,47-46-. The van der Waals surface area contributed by atoms with Crippen LogP contribution in [-0.2, 0) is 28.6 Å². The van der Waals surface area contributed by atoms with E-state index in [4.69, 9.17) is 14.2 Å². The molecule has 0 rings (SSSR count). The molecule has 6 nitrogen and oxygen atoms in total. The normalized spacial score (nSPS) is 13.2. The lowest BCUT2D eigenvalue weighted by Crippen LogP contribution is -2.30. The smallest absolute Gasteiger partial charge is 0.306 e.